The van der Waals surface area contributed by atoms with Crippen LogP contribution in [0.5, 0.6) is 0 Å². The molecule has 3 N–H and O–H groups in total. The Hall–Kier alpha value is -1.52. The van der Waals surface area contributed by atoms with Crippen LogP contribution in [0, 0.1) is 0 Å². The molecule has 0 heterocycles. The molecule has 0 saturated heterocycles. The summed E-state index contributed by atoms with van der Waals surface area (Å²) in [6.45, 7) is 0. The monoisotopic (exact) mass is 259 g/mol. The van der Waals surface area contributed by atoms with E-state index >= 15 is 0 Å². The number of rotatable bonds is 3. The molecule has 0 aliphatic carbocycles. The first-order valence-electron chi connectivity index (χ1n) is 4.11. The van der Waals surface area contributed by atoms with Crippen LogP contribution in [-0.2, 0) is 4.79 Å². The van der Waals surface area contributed by atoms with Gasteiger partial charge in [0.05, 0.1) is 10.0 Å². The topological polar surface area (TPSA) is 80.4 Å². The molecule has 84 valence electrons. The third-order valence-electron chi connectivity index (χ3n) is 1.74. The highest BCUT2D eigenvalue weighted by Crippen LogP contribution is 2.22. The predicted octanol–water partition coefficient (Wildman–Crippen LogP) is 2.10. The maximum Gasteiger partial charge on any atom is 0.351 e. The molecule has 1 aromatic carbocycles. The van der Waals surface area contributed by atoms with E-state index in [0.717, 1.165) is 6.08 Å². The van der Waals surface area contributed by atoms with Crippen molar-refractivity contribution in [2.75, 3.05) is 0 Å². The van der Waals surface area contributed by atoms with E-state index in [4.69, 9.17) is 34.0 Å². The second-order valence-electron chi connectivity index (χ2n) is 2.90. The van der Waals surface area contributed by atoms with Gasteiger partial charge in [-0.1, -0.05) is 23.2 Å². The standard InChI is InChI=1S/C10H7Cl2NO3/c11-6-2-1-5(3-7(6)12)9(14)4-8(13)10(15)16/h1-4H,13H2,(H,15,16)/b8-4-. The lowest BCUT2D eigenvalue weighted by Gasteiger charge is -1.99. The molecule has 0 radical (unpaired) electrons. The zero-order valence-electron chi connectivity index (χ0n) is 7.91. The van der Waals surface area contributed by atoms with Crippen molar-refractivity contribution in [1.29, 1.82) is 0 Å². The zero-order valence-corrected chi connectivity index (χ0v) is 9.42. The molecular formula is C10H7Cl2NO3. The van der Waals surface area contributed by atoms with Gasteiger partial charge in [0.15, 0.2) is 5.78 Å². The van der Waals surface area contributed by atoms with Gasteiger partial charge in [0.2, 0.25) is 0 Å². The van der Waals surface area contributed by atoms with Gasteiger partial charge >= 0.3 is 5.97 Å². The summed E-state index contributed by atoms with van der Waals surface area (Å²) in [5.41, 5.74) is 4.79. The number of halogens is 2. The Labute approximate surface area is 101 Å². The lowest BCUT2D eigenvalue weighted by molar-refractivity contribution is -0.132. The Kier molecular flexibility index (Phi) is 3.93. The van der Waals surface area contributed by atoms with E-state index in [2.05, 4.69) is 0 Å². The third kappa shape index (κ3) is 2.98. The largest absolute Gasteiger partial charge is 0.477 e. The molecule has 6 heteroatoms. The highest BCUT2D eigenvalue weighted by molar-refractivity contribution is 6.42. The molecule has 0 atom stereocenters. The molecule has 0 spiro atoms. The molecule has 0 saturated carbocycles. The summed E-state index contributed by atoms with van der Waals surface area (Å²) in [5.74, 6) is -1.90. The summed E-state index contributed by atoms with van der Waals surface area (Å²) >= 11 is 11.4. The number of nitrogens with two attached hydrogens (primary N) is 1. The van der Waals surface area contributed by atoms with Crippen LogP contribution in [0.4, 0.5) is 0 Å². The summed E-state index contributed by atoms with van der Waals surface area (Å²) in [5, 5.41) is 9.01. The van der Waals surface area contributed by atoms with Crippen molar-refractivity contribution in [3.05, 3.63) is 45.6 Å². The number of carboxylic acids is 1. The van der Waals surface area contributed by atoms with Gasteiger partial charge in [-0.25, -0.2) is 4.79 Å². The van der Waals surface area contributed by atoms with E-state index in [0.29, 0.717) is 5.02 Å². The van der Waals surface area contributed by atoms with Gasteiger partial charge in [-0.2, -0.15) is 0 Å². The number of carboxylic acid groups (broad SMARTS) is 1. The molecule has 0 bridgehead atoms. The quantitative estimate of drug-likeness (QED) is 0.644. The lowest BCUT2D eigenvalue weighted by atomic mass is 10.1. The fourth-order valence-electron chi connectivity index (χ4n) is 0.936. The summed E-state index contributed by atoms with van der Waals surface area (Å²) in [6.07, 6.45) is 0.821. The fourth-order valence-corrected chi connectivity index (χ4v) is 1.23. The molecule has 0 fully saturated rings. The number of benzene rings is 1. The van der Waals surface area contributed by atoms with Crippen LogP contribution < -0.4 is 5.73 Å². The van der Waals surface area contributed by atoms with E-state index in [1.807, 2.05) is 0 Å². The molecule has 0 unspecified atom stereocenters. The Bertz CT molecular complexity index is 483. The van der Waals surface area contributed by atoms with E-state index in [-0.39, 0.29) is 10.6 Å². The second-order valence-corrected chi connectivity index (χ2v) is 3.71. The fraction of sp³-hybridized carbons (Fsp3) is 0. The highest BCUT2D eigenvalue weighted by Gasteiger charge is 2.09. The number of ketones is 1. The molecule has 1 aromatic rings. The molecule has 0 amide bonds. The molecule has 1 rings (SSSR count). The number of aliphatic carboxylic acids is 1. The molecule has 16 heavy (non-hydrogen) atoms. The zero-order chi connectivity index (χ0) is 12.3. The SMILES string of the molecule is N/C(=C\C(=O)c1ccc(Cl)c(Cl)c1)C(=O)O. The lowest BCUT2D eigenvalue weighted by Crippen LogP contribution is -2.12. The minimum atomic E-state index is -1.35. The minimum absolute atomic E-state index is 0.217. The van der Waals surface area contributed by atoms with Crippen molar-refractivity contribution in [1.82, 2.24) is 0 Å². The average Bonchev–Trinajstić information content (AvgIpc) is 2.21. The highest BCUT2D eigenvalue weighted by atomic mass is 35.5. The number of carbonyl (C=O) groups excluding carboxylic acids is 1. The van der Waals surface area contributed by atoms with Gasteiger partial charge in [-0.05, 0) is 18.2 Å². The van der Waals surface area contributed by atoms with E-state index < -0.39 is 17.4 Å². The van der Waals surface area contributed by atoms with Gasteiger partial charge in [0.1, 0.15) is 5.70 Å². The number of carbonyl (C=O) groups is 2. The third-order valence-corrected chi connectivity index (χ3v) is 2.48. The first-order chi connectivity index (χ1) is 7.41. The maximum atomic E-state index is 11.5. The molecule has 0 aliphatic rings. The van der Waals surface area contributed by atoms with Crippen LogP contribution in [0.2, 0.25) is 10.0 Å². The van der Waals surface area contributed by atoms with Crippen LogP contribution in [0.3, 0.4) is 0 Å². The number of allylic oxidation sites excluding steroid dienone is 1. The summed E-state index contributed by atoms with van der Waals surface area (Å²) in [4.78, 5) is 21.9. The molecule has 4 nitrogen and oxygen atoms in total. The van der Waals surface area contributed by atoms with E-state index in [1.54, 1.807) is 0 Å². The van der Waals surface area contributed by atoms with E-state index in [1.165, 1.54) is 18.2 Å². The minimum Gasteiger partial charge on any atom is -0.477 e. The van der Waals surface area contributed by atoms with Crippen LogP contribution in [0.25, 0.3) is 0 Å². The first-order valence-corrected chi connectivity index (χ1v) is 4.87. The van der Waals surface area contributed by atoms with Crippen molar-refractivity contribution in [2.24, 2.45) is 5.73 Å². The average molecular weight is 260 g/mol. The number of hydrogen-bond donors (Lipinski definition) is 2. The number of hydrogen-bond acceptors (Lipinski definition) is 3. The van der Waals surface area contributed by atoms with Gasteiger partial charge in [0.25, 0.3) is 0 Å². The van der Waals surface area contributed by atoms with Crippen molar-refractivity contribution >= 4 is 35.0 Å². The molecule has 0 aromatic heterocycles. The van der Waals surface area contributed by atoms with Crippen molar-refractivity contribution < 1.29 is 14.7 Å². The summed E-state index contributed by atoms with van der Waals surface area (Å²) in [7, 11) is 0. The van der Waals surface area contributed by atoms with Crippen LogP contribution in [0.15, 0.2) is 30.0 Å². The van der Waals surface area contributed by atoms with Crippen LogP contribution in [-0.4, -0.2) is 16.9 Å². The Balaban J connectivity index is 3.02. The predicted molar refractivity (Wildman–Crippen MR) is 60.7 cm³/mol. The van der Waals surface area contributed by atoms with Crippen LogP contribution >= 0.6 is 23.2 Å². The smallest absolute Gasteiger partial charge is 0.351 e. The maximum absolute atomic E-state index is 11.5. The van der Waals surface area contributed by atoms with Gasteiger partial charge in [-0.3, -0.25) is 4.79 Å². The van der Waals surface area contributed by atoms with Crippen molar-refractivity contribution in [3.63, 3.8) is 0 Å². The Morgan fingerprint density at radius 2 is 1.88 bits per heavy atom. The Morgan fingerprint density at radius 1 is 1.25 bits per heavy atom. The van der Waals surface area contributed by atoms with Crippen molar-refractivity contribution in [2.45, 2.75) is 0 Å². The first kappa shape index (κ1) is 12.5. The molecular weight excluding hydrogens is 253 g/mol. The van der Waals surface area contributed by atoms with Crippen molar-refractivity contribution in [3.8, 4) is 0 Å². The summed E-state index contributed by atoms with van der Waals surface area (Å²) in [6, 6.07) is 4.22. The normalized spacial score (nSPS) is 11.2. The summed E-state index contributed by atoms with van der Waals surface area (Å²) < 4.78 is 0. The van der Waals surface area contributed by atoms with Gasteiger partial charge < -0.3 is 10.8 Å². The molecule has 0 aliphatic heterocycles. The van der Waals surface area contributed by atoms with Gasteiger partial charge in [-0.15, -0.1) is 0 Å². The second kappa shape index (κ2) is 5.01. The Morgan fingerprint density at radius 3 is 2.38 bits per heavy atom. The van der Waals surface area contributed by atoms with Gasteiger partial charge in [0, 0.05) is 11.6 Å². The van der Waals surface area contributed by atoms with E-state index in [9.17, 15) is 9.59 Å². The van der Waals surface area contributed by atoms with Crippen LogP contribution in [0.1, 0.15) is 10.4 Å².